The third kappa shape index (κ3) is 5.51. The van der Waals surface area contributed by atoms with Crippen molar-refractivity contribution < 1.29 is 0 Å². The number of aliphatic imine (C=N–C) groups is 1. The number of nitrogens with zero attached hydrogens (tertiary/aromatic N) is 3. The Morgan fingerprint density at radius 2 is 1.56 bits per heavy atom. The summed E-state index contributed by atoms with van der Waals surface area (Å²) in [6.07, 6.45) is 14.4. The van der Waals surface area contributed by atoms with E-state index in [1.807, 2.05) is 0 Å². The van der Waals surface area contributed by atoms with Gasteiger partial charge in [0.05, 0.1) is 22.8 Å². The lowest BCUT2D eigenvalue weighted by atomic mass is 9.32. The lowest BCUT2D eigenvalue weighted by molar-refractivity contribution is 0.624. The maximum absolute atomic E-state index is 5.22. The first-order valence-electron chi connectivity index (χ1n) is 19.9. The van der Waals surface area contributed by atoms with E-state index in [1.54, 1.807) is 0 Å². The van der Waals surface area contributed by atoms with Gasteiger partial charge in [-0.25, -0.2) is 4.98 Å². The fourth-order valence-corrected chi connectivity index (χ4v) is 9.49. The van der Waals surface area contributed by atoms with Crippen molar-refractivity contribution in [3.05, 3.63) is 179 Å². The molecule has 5 aromatic rings. The number of anilines is 3. The van der Waals surface area contributed by atoms with Crippen LogP contribution in [0.3, 0.4) is 0 Å². The van der Waals surface area contributed by atoms with Gasteiger partial charge in [-0.05, 0) is 102 Å². The van der Waals surface area contributed by atoms with Gasteiger partial charge in [0.1, 0.15) is 0 Å². The van der Waals surface area contributed by atoms with Gasteiger partial charge in [0.25, 0.3) is 6.71 Å². The van der Waals surface area contributed by atoms with Gasteiger partial charge in [0.2, 0.25) is 0 Å². The Bertz CT molecular complexity index is 2570. The minimum absolute atomic E-state index is 0.114. The SMILES string of the molecule is CC1=C(c2cccc(-c3ccc4c(c3)NC3=CCC(C)C5=C3B4c3ccccc3N5c3ccccc3C3=CC(C)(c4ccccc4)CC=N3)n2)C=CCC1C. The largest absolute Gasteiger partial charge is 0.357 e. The molecule has 2 aliphatic carbocycles. The number of aromatic nitrogens is 1. The van der Waals surface area contributed by atoms with Crippen LogP contribution in [0.15, 0.2) is 167 Å². The van der Waals surface area contributed by atoms with Crippen molar-refractivity contribution in [3.63, 3.8) is 0 Å². The topological polar surface area (TPSA) is 40.5 Å². The summed E-state index contributed by atoms with van der Waals surface area (Å²) in [5, 5.41) is 3.95. The second-order valence-corrected chi connectivity index (χ2v) is 16.2. The molecule has 1 aromatic heterocycles. The molecule has 0 radical (unpaired) electrons. The molecular formula is C50H45BN4. The Morgan fingerprint density at radius 1 is 0.782 bits per heavy atom. The highest BCUT2D eigenvalue weighted by Gasteiger charge is 2.45. The number of fused-ring (bicyclic) bond motifs is 4. The third-order valence-electron chi connectivity index (χ3n) is 12.7. The molecule has 0 fully saturated rings. The van der Waals surface area contributed by atoms with Crippen LogP contribution in [0.4, 0.5) is 17.1 Å². The quantitative estimate of drug-likeness (QED) is 0.185. The van der Waals surface area contributed by atoms with E-state index in [0.29, 0.717) is 11.8 Å². The van der Waals surface area contributed by atoms with Gasteiger partial charge in [0.15, 0.2) is 0 Å². The third-order valence-corrected chi connectivity index (χ3v) is 12.7. The van der Waals surface area contributed by atoms with Gasteiger partial charge in [-0.3, -0.25) is 4.99 Å². The number of hydrogen-bond acceptors (Lipinski definition) is 4. The van der Waals surface area contributed by atoms with Crippen LogP contribution in [0.5, 0.6) is 0 Å². The van der Waals surface area contributed by atoms with E-state index in [1.165, 1.54) is 55.9 Å². The van der Waals surface area contributed by atoms with Crippen molar-refractivity contribution in [3.8, 4) is 11.3 Å². The molecule has 3 aliphatic heterocycles. The number of pyridine rings is 1. The van der Waals surface area contributed by atoms with Crippen LogP contribution >= 0.6 is 0 Å². The molecular weight excluding hydrogens is 667 g/mol. The maximum Gasteiger partial charge on any atom is 0.251 e. The van der Waals surface area contributed by atoms with Gasteiger partial charge < -0.3 is 10.2 Å². The van der Waals surface area contributed by atoms with Crippen molar-refractivity contribution in [1.29, 1.82) is 0 Å². The first kappa shape index (κ1) is 33.6. The molecule has 3 unspecified atom stereocenters. The number of nitrogens with one attached hydrogen (secondary N) is 1. The van der Waals surface area contributed by atoms with E-state index >= 15 is 0 Å². The molecule has 1 N–H and O–H groups in total. The maximum atomic E-state index is 5.22. The molecule has 0 spiro atoms. The van der Waals surface area contributed by atoms with Crippen LogP contribution in [-0.2, 0) is 5.41 Å². The summed E-state index contributed by atoms with van der Waals surface area (Å²) in [6, 6.07) is 42.1. The molecule has 0 bridgehead atoms. The van der Waals surface area contributed by atoms with Crippen molar-refractivity contribution in [2.24, 2.45) is 16.8 Å². The molecule has 0 saturated carbocycles. The lowest BCUT2D eigenvalue weighted by Gasteiger charge is -2.46. The van der Waals surface area contributed by atoms with E-state index in [-0.39, 0.29) is 12.1 Å². The lowest BCUT2D eigenvalue weighted by Crippen LogP contribution is -2.56. The number of hydrogen-bond donors (Lipinski definition) is 1. The smallest absolute Gasteiger partial charge is 0.251 e. The monoisotopic (exact) mass is 712 g/mol. The minimum atomic E-state index is -0.138. The predicted octanol–water partition coefficient (Wildman–Crippen LogP) is 10.8. The van der Waals surface area contributed by atoms with E-state index in [4.69, 9.17) is 9.98 Å². The molecule has 4 nitrogen and oxygen atoms in total. The number of benzene rings is 4. The van der Waals surface area contributed by atoms with Gasteiger partial charge in [-0.2, -0.15) is 0 Å². The van der Waals surface area contributed by atoms with Crippen molar-refractivity contribution >= 4 is 52.2 Å². The summed E-state index contributed by atoms with van der Waals surface area (Å²) in [4.78, 5) is 12.9. The first-order valence-corrected chi connectivity index (χ1v) is 19.9. The van der Waals surface area contributed by atoms with Gasteiger partial charge >= 0.3 is 0 Å². The van der Waals surface area contributed by atoms with Crippen LogP contribution in [-0.4, -0.2) is 17.9 Å². The fourth-order valence-electron chi connectivity index (χ4n) is 9.49. The molecule has 55 heavy (non-hydrogen) atoms. The van der Waals surface area contributed by atoms with Gasteiger partial charge in [-0.15, -0.1) is 0 Å². The Hall–Kier alpha value is -5.94. The minimum Gasteiger partial charge on any atom is -0.357 e. The van der Waals surface area contributed by atoms with E-state index in [2.05, 4.69) is 184 Å². The van der Waals surface area contributed by atoms with E-state index in [0.717, 1.165) is 53.2 Å². The highest BCUT2D eigenvalue weighted by Crippen LogP contribution is 2.48. The summed E-state index contributed by atoms with van der Waals surface area (Å²) in [5.41, 5.74) is 19.3. The molecule has 0 saturated heterocycles. The molecule has 5 aliphatic rings. The summed E-state index contributed by atoms with van der Waals surface area (Å²) >= 11 is 0. The number of allylic oxidation sites excluding steroid dienone is 8. The molecule has 268 valence electrons. The highest BCUT2D eigenvalue weighted by molar-refractivity contribution is 6.94. The summed E-state index contributed by atoms with van der Waals surface area (Å²) in [7, 11) is 0. The van der Waals surface area contributed by atoms with Crippen LogP contribution in [0.25, 0.3) is 22.5 Å². The van der Waals surface area contributed by atoms with E-state index < -0.39 is 0 Å². The van der Waals surface area contributed by atoms with Gasteiger partial charge in [-0.1, -0.05) is 130 Å². The average Bonchev–Trinajstić information content (AvgIpc) is 3.23. The van der Waals surface area contributed by atoms with Crippen LogP contribution in [0.2, 0.25) is 0 Å². The van der Waals surface area contributed by atoms with Crippen LogP contribution in [0.1, 0.15) is 63.8 Å². The molecule has 0 amide bonds. The highest BCUT2D eigenvalue weighted by atomic mass is 15.2. The zero-order valence-electron chi connectivity index (χ0n) is 32.1. The fraction of sp³-hybridized carbons (Fsp3) is 0.200. The molecule has 10 rings (SSSR count). The van der Waals surface area contributed by atoms with Crippen molar-refractivity contribution in [1.82, 2.24) is 4.98 Å². The van der Waals surface area contributed by atoms with Crippen LogP contribution < -0.4 is 21.1 Å². The second kappa shape index (κ2) is 13.1. The van der Waals surface area contributed by atoms with E-state index in [9.17, 15) is 0 Å². The molecule has 3 atom stereocenters. The Balaban J connectivity index is 1.09. The summed E-state index contributed by atoms with van der Waals surface area (Å²) in [5.74, 6) is 0.859. The molecule has 4 heterocycles. The zero-order chi connectivity index (χ0) is 37.3. The zero-order valence-corrected chi connectivity index (χ0v) is 32.1. The van der Waals surface area contributed by atoms with Gasteiger partial charge in [0, 0.05) is 45.5 Å². The standard InChI is InChI=1S/C50H45BN4/c1-32-14-12-18-37(34(32)3)42-21-13-20-41(53-42)35-25-26-39-44(30-35)54-43-27-24-33(2)49-48(43)51(39)40-19-9-11-23-47(40)55(49)46-22-10-8-17-38(46)45-31-50(4,28-29-52-45)36-15-6-5-7-16-36/h5-13,15-23,25-27,29-33,54H,14,24,28H2,1-4H3. The van der Waals surface area contributed by atoms with Crippen molar-refractivity contribution in [2.75, 3.05) is 10.2 Å². The predicted molar refractivity (Wildman–Crippen MR) is 233 cm³/mol. The molecule has 4 aromatic carbocycles. The molecule has 5 heteroatoms. The number of rotatable bonds is 5. The first-order chi connectivity index (χ1) is 26.9. The summed E-state index contributed by atoms with van der Waals surface area (Å²) in [6.45, 7) is 9.39. The average molecular weight is 713 g/mol. The number of para-hydroxylation sites is 2. The second-order valence-electron chi connectivity index (χ2n) is 16.2. The van der Waals surface area contributed by atoms with Crippen LogP contribution in [0, 0.1) is 11.8 Å². The Labute approximate surface area is 325 Å². The summed E-state index contributed by atoms with van der Waals surface area (Å²) < 4.78 is 0. The Morgan fingerprint density at radius 3 is 2.44 bits per heavy atom. The normalized spacial score (nSPS) is 22.4. The van der Waals surface area contributed by atoms with Crippen molar-refractivity contribution in [2.45, 2.75) is 52.4 Å². The Kier molecular flexibility index (Phi) is 8.02.